The molecule has 1 N–H and O–H groups in total. The summed E-state index contributed by atoms with van der Waals surface area (Å²) in [6.45, 7) is 9.30. The minimum absolute atomic E-state index is 0.0677. The predicted molar refractivity (Wildman–Crippen MR) is 135 cm³/mol. The number of nitrogens with zero attached hydrogens (tertiary/aromatic N) is 6. The molecule has 1 saturated heterocycles. The quantitative estimate of drug-likeness (QED) is 0.322. The maximum atomic E-state index is 9.22. The Kier molecular flexibility index (Phi) is 8.73. The van der Waals surface area contributed by atoms with Crippen molar-refractivity contribution in [2.75, 3.05) is 19.8 Å². The molecule has 1 fully saturated rings. The second-order valence-electron chi connectivity index (χ2n) is 9.49. The highest BCUT2D eigenvalue weighted by molar-refractivity contribution is 7.12. The number of aliphatic hydroxyl groups excluding tert-OH is 1. The van der Waals surface area contributed by atoms with Crippen LogP contribution in [-0.2, 0) is 22.8 Å². The third-order valence-corrected chi connectivity index (χ3v) is 8.08. The molecule has 3 aromatic heterocycles. The van der Waals surface area contributed by atoms with Crippen LogP contribution in [0.2, 0.25) is 25.7 Å². The van der Waals surface area contributed by atoms with Crippen molar-refractivity contribution >= 4 is 25.2 Å². The number of hydrogen-bond acceptors (Lipinski definition) is 10. The Labute approximate surface area is 209 Å². The summed E-state index contributed by atoms with van der Waals surface area (Å²) < 4.78 is 19.3. The van der Waals surface area contributed by atoms with Crippen molar-refractivity contribution < 1.29 is 19.3 Å². The molecule has 3 aromatic rings. The van der Waals surface area contributed by atoms with Gasteiger partial charge in [0.1, 0.15) is 12.8 Å². The van der Waals surface area contributed by atoms with Crippen LogP contribution < -0.4 is 9.54 Å². The fraction of sp³-hybridized carbons (Fsp3) is 0.522. The second-order valence-corrected chi connectivity index (χ2v) is 16.1. The summed E-state index contributed by atoms with van der Waals surface area (Å²) in [6, 6.07) is 3.31. The van der Waals surface area contributed by atoms with Crippen LogP contribution in [0.1, 0.15) is 18.5 Å². The van der Waals surface area contributed by atoms with Gasteiger partial charge in [-0.25, -0.2) is 9.97 Å². The van der Waals surface area contributed by atoms with E-state index in [2.05, 4.69) is 44.6 Å². The fourth-order valence-corrected chi connectivity index (χ4v) is 5.00. The fourth-order valence-electron chi connectivity index (χ4n) is 3.28. The molecule has 1 aliphatic rings. The molecule has 0 saturated carbocycles. The lowest BCUT2D eigenvalue weighted by molar-refractivity contribution is 0.0217. The van der Waals surface area contributed by atoms with Crippen LogP contribution in [0.25, 0.3) is 10.6 Å². The van der Waals surface area contributed by atoms with Gasteiger partial charge in [-0.3, -0.25) is 9.55 Å². The molecule has 188 valence electrons. The van der Waals surface area contributed by atoms with E-state index in [4.69, 9.17) is 14.2 Å². The van der Waals surface area contributed by atoms with Crippen molar-refractivity contribution in [2.24, 2.45) is 4.99 Å². The Morgan fingerprint density at radius 1 is 1.20 bits per heavy atom. The van der Waals surface area contributed by atoms with E-state index >= 15 is 0 Å². The lowest BCUT2D eigenvalue weighted by Crippen LogP contribution is -2.26. The third-order valence-electron chi connectivity index (χ3n) is 5.34. The van der Waals surface area contributed by atoms with Crippen LogP contribution >= 0.6 is 11.3 Å². The molecule has 10 nitrogen and oxygen atoms in total. The molecule has 0 bridgehead atoms. The highest BCUT2D eigenvalue weighted by atomic mass is 32.1. The van der Waals surface area contributed by atoms with Crippen molar-refractivity contribution in [2.45, 2.75) is 58.0 Å². The molecule has 0 amide bonds. The van der Waals surface area contributed by atoms with Crippen molar-refractivity contribution in [1.82, 2.24) is 24.5 Å². The van der Waals surface area contributed by atoms with E-state index in [9.17, 15) is 5.11 Å². The number of aromatic nitrogens is 5. The van der Waals surface area contributed by atoms with Gasteiger partial charge >= 0.3 is 6.01 Å². The number of hydrogen-bond donors (Lipinski definition) is 1. The molecule has 1 aliphatic heterocycles. The first kappa shape index (κ1) is 25.6. The molecule has 0 unspecified atom stereocenters. The van der Waals surface area contributed by atoms with Gasteiger partial charge in [-0.1, -0.05) is 31.0 Å². The van der Waals surface area contributed by atoms with E-state index < -0.39 is 8.07 Å². The van der Waals surface area contributed by atoms with E-state index in [0.717, 1.165) is 29.5 Å². The number of thiazole rings is 1. The normalized spacial score (nSPS) is 15.5. The Morgan fingerprint density at radius 3 is 2.74 bits per heavy atom. The summed E-state index contributed by atoms with van der Waals surface area (Å²) in [4.78, 5) is 23.7. The summed E-state index contributed by atoms with van der Waals surface area (Å²) in [5, 5.41) is 9.22. The van der Waals surface area contributed by atoms with Crippen LogP contribution in [0.5, 0.6) is 6.01 Å². The summed E-state index contributed by atoms with van der Waals surface area (Å²) in [6.07, 6.45) is 8.49. The topological polar surface area (TPSA) is 117 Å². The molecule has 4 heterocycles. The van der Waals surface area contributed by atoms with Crippen LogP contribution in [0.15, 0.2) is 35.8 Å². The van der Waals surface area contributed by atoms with E-state index in [-0.39, 0.29) is 12.7 Å². The zero-order valence-corrected chi connectivity index (χ0v) is 22.2. The van der Waals surface area contributed by atoms with Gasteiger partial charge in [-0.2, -0.15) is 9.98 Å². The van der Waals surface area contributed by atoms with E-state index in [0.29, 0.717) is 48.9 Å². The van der Waals surface area contributed by atoms with Crippen LogP contribution in [0.3, 0.4) is 0 Å². The molecule has 35 heavy (non-hydrogen) atoms. The molecule has 0 atom stereocenters. The average molecular weight is 517 g/mol. The van der Waals surface area contributed by atoms with Gasteiger partial charge in [0.2, 0.25) is 0 Å². The number of rotatable bonds is 10. The van der Waals surface area contributed by atoms with Crippen molar-refractivity contribution in [3.63, 3.8) is 0 Å². The van der Waals surface area contributed by atoms with Crippen LogP contribution in [-0.4, -0.2) is 63.6 Å². The highest BCUT2D eigenvalue weighted by Gasteiger charge is 2.17. The summed E-state index contributed by atoms with van der Waals surface area (Å²) >= 11 is 1.48. The maximum Gasteiger partial charge on any atom is 0.317 e. The minimum Gasteiger partial charge on any atom is -0.460 e. The molecule has 0 radical (unpaired) electrons. The largest absolute Gasteiger partial charge is 0.460 e. The second kappa shape index (κ2) is 12.0. The average Bonchev–Trinajstić information content (AvgIpc) is 3.25. The van der Waals surface area contributed by atoms with Crippen LogP contribution in [0, 0.1) is 0 Å². The zero-order chi connectivity index (χ0) is 24.7. The van der Waals surface area contributed by atoms with Gasteiger partial charge in [0.05, 0.1) is 48.5 Å². The third kappa shape index (κ3) is 7.74. The summed E-state index contributed by atoms with van der Waals surface area (Å²) in [5.41, 5.74) is 1.25. The minimum atomic E-state index is -1.18. The molecule has 0 aromatic carbocycles. The van der Waals surface area contributed by atoms with Gasteiger partial charge in [0, 0.05) is 39.9 Å². The first-order valence-electron chi connectivity index (χ1n) is 11.7. The predicted octanol–water partition coefficient (Wildman–Crippen LogP) is 3.39. The van der Waals surface area contributed by atoms with Gasteiger partial charge in [0.15, 0.2) is 10.6 Å². The smallest absolute Gasteiger partial charge is 0.317 e. The molecule has 0 aliphatic carbocycles. The molecule has 12 heteroatoms. The van der Waals surface area contributed by atoms with Gasteiger partial charge in [-0.15, -0.1) is 0 Å². The number of aliphatic hydroxyl groups is 1. The Morgan fingerprint density at radius 2 is 2.03 bits per heavy atom. The van der Waals surface area contributed by atoms with E-state index in [1.54, 1.807) is 12.4 Å². The molecular formula is C23H32N6O4SSi. The maximum absolute atomic E-state index is 9.22. The SMILES string of the molecule is C[Si](C)(C)CCOCn1cc(-c2ccnc(OC3CCOCC3)n2)s/c1=N\c1cnc(CO)cn1. The first-order valence-corrected chi connectivity index (χ1v) is 16.2. The first-order chi connectivity index (χ1) is 16.9. The Bertz CT molecular complexity index is 1160. The van der Waals surface area contributed by atoms with Gasteiger partial charge < -0.3 is 19.3 Å². The highest BCUT2D eigenvalue weighted by Crippen LogP contribution is 2.23. The van der Waals surface area contributed by atoms with Crippen molar-refractivity contribution in [3.8, 4) is 16.6 Å². The van der Waals surface area contributed by atoms with E-state index in [1.807, 2.05) is 16.8 Å². The molecule has 4 rings (SSSR count). The monoisotopic (exact) mass is 516 g/mol. The van der Waals surface area contributed by atoms with Crippen molar-refractivity contribution in [1.29, 1.82) is 0 Å². The lowest BCUT2D eigenvalue weighted by Gasteiger charge is -2.22. The summed E-state index contributed by atoms with van der Waals surface area (Å²) in [7, 11) is -1.18. The molecule has 0 spiro atoms. The lowest BCUT2D eigenvalue weighted by atomic mass is 10.2. The Balaban J connectivity index is 1.58. The van der Waals surface area contributed by atoms with Gasteiger partial charge in [-0.05, 0) is 12.1 Å². The Hall–Kier alpha value is -2.51. The molecular weight excluding hydrogens is 484 g/mol. The zero-order valence-electron chi connectivity index (χ0n) is 20.4. The van der Waals surface area contributed by atoms with E-state index in [1.165, 1.54) is 17.5 Å². The number of ether oxygens (including phenoxy) is 3. The summed E-state index contributed by atoms with van der Waals surface area (Å²) in [5.74, 6) is 0.456. The standard InChI is InChI=1S/C23H32N6O4SSi/c1-35(2,3)11-10-32-16-29-14-20(34-23(29)28-21-13-25-17(15-30)12-26-21)19-4-7-24-22(27-19)33-18-5-8-31-9-6-18/h4,7,12-14,18,30H,5-6,8-11,15-16H2,1-3H3/b28-23-. The van der Waals surface area contributed by atoms with Crippen LogP contribution in [0.4, 0.5) is 5.82 Å². The van der Waals surface area contributed by atoms with Crippen molar-refractivity contribution in [3.05, 3.63) is 41.3 Å². The van der Waals surface area contributed by atoms with Gasteiger partial charge in [0.25, 0.3) is 0 Å².